The predicted octanol–water partition coefficient (Wildman–Crippen LogP) is 3.10. The molecule has 0 heterocycles. The second kappa shape index (κ2) is 26.0. The largest absolute Gasteiger partial charge is 2.00 e. The molecule has 6 nitrogen and oxygen atoms in total. The molecule has 0 aliphatic rings. The summed E-state index contributed by atoms with van der Waals surface area (Å²) in [7, 11) is 0. The summed E-state index contributed by atoms with van der Waals surface area (Å²) in [5.41, 5.74) is 25.9. The van der Waals surface area contributed by atoms with Crippen molar-refractivity contribution in [2.24, 2.45) is 0 Å². The van der Waals surface area contributed by atoms with Crippen molar-refractivity contribution >= 4 is 0 Å². The van der Waals surface area contributed by atoms with Gasteiger partial charge in [0.2, 0.25) is 0 Å². The van der Waals surface area contributed by atoms with E-state index < -0.39 is 0 Å². The summed E-state index contributed by atoms with van der Waals surface area (Å²) in [5, 5.41) is 17.1. The monoisotopic (exact) mass is 307 g/mol. The van der Waals surface area contributed by atoms with Crippen LogP contribution >= 0.6 is 0 Å². The number of nitrogens with one attached hydrogen (secondary N) is 4. The molecule has 0 rings (SSSR count). The molecule has 0 saturated carbocycles. The van der Waals surface area contributed by atoms with Crippen LogP contribution < -0.4 is 0 Å². The molecule has 0 aromatic carbocycles. The van der Waals surface area contributed by atoms with Crippen LogP contribution in [-0.2, 0) is 16.8 Å². The zero-order valence-electron chi connectivity index (χ0n) is 11.3. The van der Waals surface area contributed by atoms with Gasteiger partial charge in [0.1, 0.15) is 0 Å². The molecule has 7 heteroatoms. The SMILES string of the molecule is CC(O)CC(C)O.[Co+2].[NH-]CCC[NH-].[NH-]CCC[NH-]. The Hall–Kier alpha value is 0.266. The van der Waals surface area contributed by atoms with E-state index in [0.29, 0.717) is 32.6 Å². The molecule has 0 saturated heterocycles. The van der Waals surface area contributed by atoms with Crippen LogP contribution in [0.5, 0.6) is 0 Å². The Bertz CT molecular complexity index is 103. The summed E-state index contributed by atoms with van der Waals surface area (Å²) < 4.78 is 0. The van der Waals surface area contributed by atoms with Crippen LogP contribution in [-0.4, -0.2) is 48.6 Å². The molecule has 6 N–H and O–H groups in total. The van der Waals surface area contributed by atoms with Crippen LogP contribution in [0.4, 0.5) is 0 Å². The number of hydrogen-bond acceptors (Lipinski definition) is 2. The van der Waals surface area contributed by atoms with E-state index in [4.69, 9.17) is 33.1 Å². The normalized spacial score (nSPS) is 12.0. The third-order valence-corrected chi connectivity index (χ3v) is 1.39. The van der Waals surface area contributed by atoms with E-state index in [9.17, 15) is 0 Å². The van der Waals surface area contributed by atoms with Crippen molar-refractivity contribution in [1.29, 1.82) is 0 Å². The topological polar surface area (TPSA) is 136 Å². The average molecular weight is 307 g/mol. The van der Waals surface area contributed by atoms with Gasteiger partial charge >= 0.3 is 16.8 Å². The van der Waals surface area contributed by atoms with Gasteiger partial charge in [0, 0.05) is 0 Å². The van der Waals surface area contributed by atoms with E-state index in [1.807, 2.05) is 0 Å². The van der Waals surface area contributed by atoms with Gasteiger partial charge in [0.15, 0.2) is 0 Å². The van der Waals surface area contributed by atoms with E-state index in [0.717, 1.165) is 12.8 Å². The molecule has 115 valence electrons. The van der Waals surface area contributed by atoms with Gasteiger partial charge in [0.05, 0.1) is 12.2 Å². The number of aliphatic hydroxyl groups is 2. The van der Waals surface area contributed by atoms with E-state index in [1.165, 1.54) is 0 Å². The van der Waals surface area contributed by atoms with Crippen molar-refractivity contribution in [1.82, 2.24) is 0 Å². The first kappa shape index (κ1) is 26.8. The van der Waals surface area contributed by atoms with Crippen LogP contribution in [0.15, 0.2) is 0 Å². The molecule has 1 radical (unpaired) electrons. The third-order valence-electron chi connectivity index (χ3n) is 1.39. The second-order valence-electron chi connectivity index (χ2n) is 3.64. The minimum absolute atomic E-state index is 0. The summed E-state index contributed by atoms with van der Waals surface area (Å²) in [6.45, 7) is 4.94. The van der Waals surface area contributed by atoms with Crippen LogP contribution in [0, 0.1) is 0 Å². The molecule has 0 fully saturated rings. The van der Waals surface area contributed by atoms with Crippen LogP contribution in [0.2, 0.25) is 0 Å². The van der Waals surface area contributed by atoms with Crippen LogP contribution in [0.25, 0.3) is 22.9 Å². The minimum atomic E-state index is -0.375. The van der Waals surface area contributed by atoms with Crippen LogP contribution in [0.1, 0.15) is 33.1 Å². The summed E-state index contributed by atoms with van der Waals surface area (Å²) in [5.74, 6) is 0. The quantitative estimate of drug-likeness (QED) is 0.779. The van der Waals surface area contributed by atoms with Gasteiger partial charge < -0.3 is 33.1 Å². The zero-order valence-corrected chi connectivity index (χ0v) is 12.4. The number of rotatable bonds is 6. The fourth-order valence-corrected chi connectivity index (χ4v) is 0.670. The van der Waals surface area contributed by atoms with Gasteiger partial charge in [0.25, 0.3) is 0 Å². The molecule has 0 spiro atoms. The fraction of sp³-hybridized carbons (Fsp3) is 1.00. The van der Waals surface area contributed by atoms with Gasteiger partial charge in [-0.25, -0.2) is 0 Å². The van der Waals surface area contributed by atoms with E-state index >= 15 is 0 Å². The Kier molecular flexibility index (Phi) is 38.6. The van der Waals surface area contributed by atoms with Gasteiger partial charge in [-0.1, -0.05) is 12.8 Å². The molecular formula is C11H28CoN4O2-2. The van der Waals surface area contributed by atoms with E-state index in [1.54, 1.807) is 13.8 Å². The Balaban J connectivity index is -0.0000000813. The number of hydrogen-bond donors (Lipinski definition) is 2. The Labute approximate surface area is 122 Å². The molecule has 0 aromatic rings. The van der Waals surface area contributed by atoms with E-state index in [2.05, 4.69) is 0 Å². The first-order valence-corrected chi connectivity index (χ1v) is 5.90. The van der Waals surface area contributed by atoms with Crippen molar-refractivity contribution in [2.75, 3.05) is 26.2 Å². The molecule has 2 atom stereocenters. The van der Waals surface area contributed by atoms with Gasteiger partial charge in [-0.2, -0.15) is 26.2 Å². The standard InChI is InChI=1S/C5H12O2.2C3H8N2.Co/c1-4(6)3-5(2)7;2*4-2-1-3-5;/h4-7H,3H2,1-2H3;2*4-5H,1-3H2;/q;2*-2;+2. The fourth-order valence-electron chi connectivity index (χ4n) is 0.670. The Morgan fingerprint density at radius 3 is 0.944 bits per heavy atom. The third kappa shape index (κ3) is 55.5. The Morgan fingerprint density at radius 2 is 0.944 bits per heavy atom. The molecule has 0 aromatic heterocycles. The zero-order chi connectivity index (χ0) is 14.1. The van der Waals surface area contributed by atoms with Crippen molar-refractivity contribution in [2.45, 2.75) is 45.3 Å². The van der Waals surface area contributed by atoms with Crippen molar-refractivity contribution in [3.05, 3.63) is 22.9 Å². The summed E-state index contributed by atoms with van der Waals surface area (Å²) >= 11 is 0. The predicted molar refractivity (Wildman–Crippen MR) is 74.0 cm³/mol. The maximum atomic E-state index is 8.56. The first-order chi connectivity index (χ1) is 7.95. The molecular weight excluding hydrogens is 279 g/mol. The van der Waals surface area contributed by atoms with Crippen molar-refractivity contribution in [3.8, 4) is 0 Å². The van der Waals surface area contributed by atoms with Crippen molar-refractivity contribution < 1.29 is 27.0 Å². The molecule has 0 aliphatic carbocycles. The summed E-state index contributed by atoms with van der Waals surface area (Å²) in [6, 6.07) is 0. The van der Waals surface area contributed by atoms with E-state index in [-0.39, 0.29) is 29.0 Å². The number of aliphatic hydroxyl groups excluding tert-OH is 2. The van der Waals surface area contributed by atoms with Crippen LogP contribution in [0.3, 0.4) is 0 Å². The molecule has 0 aliphatic heterocycles. The molecule has 18 heavy (non-hydrogen) atoms. The smallest absolute Gasteiger partial charge is 0.677 e. The van der Waals surface area contributed by atoms with Gasteiger partial charge in [-0.15, -0.1) is 0 Å². The first-order valence-electron chi connectivity index (χ1n) is 5.90. The van der Waals surface area contributed by atoms with Gasteiger partial charge in [-0.05, 0) is 20.3 Å². The second-order valence-corrected chi connectivity index (χ2v) is 3.64. The maximum absolute atomic E-state index is 8.56. The summed E-state index contributed by atoms with van der Waals surface area (Å²) in [6.07, 6.45) is 1.17. The van der Waals surface area contributed by atoms with Crippen molar-refractivity contribution in [3.63, 3.8) is 0 Å². The molecule has 0 amide bonds. The average Bonchev–Trinajstić information content (AvgIpc) is 2.19. The Morgan fingerprint density at radius 1 is 0.722 bits per heavy atom. The van der Waals surface area contributed by atoms with Gasteiger partial charge in [-0.3, -0.25) is 0 Å². The maximum Gasteiger partial charge on any atom is 2.00 e. The minimum Gasteiger partial charge on any atom is -0.677 e. The molecule has 2 unspecified atom stereocenters. The summed E-state index contributed by atoms with van der Waals surface area (Å²) in [4.78, 5) is 0. The molecule has 0 bridgehead atoms.